The molecule has 7 nitrogen and oxygen atoms in total. The van der Waals surface area contributed by atoms with E-state index in [1.54, 1.807) is 18.3 Å². The third-order valence-electron chi connectivity index (χ3n) is 4.76. The van der Waals surface area contributed by atoms with E-state index in [4.69, 9.17) is 11.6 Å². The topological polar surface area (TPSA) is 99.3 Å². The minimum absolute atomic E-state index is 0.0185. The average molecular weight is 441 g/mol. The van der Waals surface area contributed by atoms with E-state index in [2.05, 4.69) is 9.71 Å². The molecule has 2 heterocycles. The SMILES string of the molecule is O=S(=O)(Nc1cccc2c([ClH+])c[nH]c12)c1ccc(S(=O)(=O)N2CCCC2)cc1. The zero-order valence-electron chi connectivity index (χ0n) is 14.8. The van der Waals surface area contributed by atoms with E-state index in [1.807, 2.05) is 6.07 Å². The van der Waals surface area contributed by atoms with Crippen LogP contribution in [0.3, 0.4) is 0 Å². The normalized spacial score (nSPS) is 15.9. The van der Waals surface area contributed by atoms with Gasteiger partial charge in [-0.15, -0.1) is 0 Å². The van der Waals surface area contributed by atoms with E-state index in [0.29, 0.717) is 29.3 Å². The number of rotatable bonds is 5. The molecule has 0 atom stereocenters. The van der Waals surface area contributed by atoms with Gasteiger partial charge < -0.3 is 4.98 Å². The molecule has 148 valence electrons. The minimum Gasteiger partial charge on any atom is -0.354 e. The molecular formula is C18H19ClN3O4S2+. The Balaban J connectivity index is 1.63. The zero-order chi connectivity index (χ0) is 19.9. The summed E-state index contributed by atoms with van der Waals surface area (Å²) in [4.78, 5) is 3.05. The Labute approximate surface area is 168 Å². The summed E-state index contributed by atoms with van der Waals surface area (Å²) >= 11 is 5.21. The van der Waals surface area contributed by atoms with Crippen molar-refractivity contribution in [3.05, 3.63) is 53.7 Å². The Morgan fingerprint density at radius 2 is 1.57 bits per heavy atom. The molecule has 1 saturated heterocycles. The largest absolute Gasteiger partial charge is 0.354 e. The first-order chi connectivity index (χ1) is 13.3. The fourth-order valence-corrected chi connectivity index (χ4v) is 6.10. The first kappa shape index (κ1) is 19.3. The van der Waals surface area contributed by atoms with Gasteiger partial charge in [-0.2, -0.15) is 4.31 Å². The lowest BCUT2D eigenvalue weighted by Gasteiger charge is -2.15. The van der Waals surface area contributed by atoms with E-state index in [9.17, 15) is 16.8 Å². The fourth-order valence-electron chi connectivity index (χ4n) is 3.29. The van der Waals surface area contributed by atoms with Crippen molar-refractivity contribution in [2.75, 3.05) is 17.8 Å². The van der Waals surface area contributed by atoms with Crippen LogP contribution in [-0.2, 0) is 20.0 Å². The Morgan fingerprint density at radius 1 is 0.929 bits per heavy atom. The van der Waals surface area contributed by atoms with E-state index in [1.165, 1.54) is 28.6 Å². The molecule has 1 aliphatic heterocycles. The Hall–Kier alpha value is -2.07. The molecule has 4 rings (SSSR count). The first-order valence-corrected chi connectivity index (χ1v) is 12.0. The van der Waals surface area contributed by atoms with E-state index >= 15 is 0 Å². The van der Waals surface area contributed by atoms with Crippen LogP contribution in [0.1, 0.15) is 12.8 Å². The van der Waals surface area contributed by atoms with Crippen molar-refractivity contribution in [1.82, 2.24) is 9.29 Å². The number of para-hydroxylation sites is 1. The molecule has 0 bridgehead atoms. The summed E-state index contributed by atoms with van der Waals surface area (Å²) in [6.45, 7) is 0.990. The molecule has 2 aromatic carbocycles. The molecular weight excluding hydrogens is 422 g/mol. The number of nitrogens with one attached hydrogen (secondary N) is 2. The van der Waals surface area contributed by atoms with Crippen molar-refractivity contribution in [3.8, 4) is 0 Å². The minimum atomic E-state index is -3.89. The van der Waals surface area contributed by atoms with Gasteiger partial charge in [0, 0.05) is 13.1 Å². The van der Waals surface area contributed by atoms with E-state index in [-0.39, 0.29) is 9.79 Å². The number of benzene rings is 2. The number of hydrogen-bond acceptors (Lipinski definition) is 4. The van der Waals surface area contributed by atoms with Gasteiger partial charge in [0.1, 0.15) is 0 Å². The Kier molecular flexibility index (Phi) is 4.86. The maximum Gasteiger partial charge on any atom is 0.261 e. The summed E-state index contributed by atoms with van der Waals surface area (Å²) in [5.74, 6) is 0. The monoisotopic (exact) mass is 440 g/mol. The second-order valence-corrected chi connectivity index (χ2v) is 10.6. The lowest BCUT2D eigenvalue weighted by Crippen LogP contribution is -2.27. The predicted octanol–water partition coefficient (Wildman–Crippen LogP) is 2.45. The number of H-pyrrole nitrogens is 1. The van der Waals surface area contributed by atoms with Crippen LogP contribution >= 0.6 is 0 Å². The number of aromatic nitrogens is 1. The number of anilines is 1. The van der Waals surface area contributed by atoms with Gasteiger partial charge in [-0.25, -0.2) is 16.8 Å². The highest BCUT2D eigenvalue weighted by molar-refractivity contribution is 7.92. The summed E-state index contributed by atoms with van der Waals surface area (Å²) in [6.07, 6.45) is 3.31. The van der Waals surface area contributed by atoms with Gasteiger partial charge in [-0.1, -0.05) is 6.07 Å². The summed E-state index contributed by atoms with van der Waals surface area (Å²) in [6, 6.07) is 10.4. The number of fused-ring (bicyclic) bond motifs is 1. The maximum absolute atomic E-state index is 12.8. The van der Waals surface area contributed by atoms with Gasteiger partial charge in [0.15, 0.2) is 11.6 Å². The van der Waals surface area contributed by atoms with Crippen LogP contribution in [0.2, 0.25) is 5.02 Å². The van der Waals surface area contributed by atoms with Crippen molar-refractivity contribution in [1.29, 1.82) is 0 Å². The lowest BCUT2D eigenvalue weighted by atomic mass is 10.2. The number of hydrogen-bond donors (Lipinski definition) is 2. The highest BCUT2D eigenvalue weighted by atomic mass is 35.5. The first-order valence-electron chi connectivity index (χ1n) is 8.69. The quantitative estimate of drug-likeness (QED) is 0.636. The molecule has 0 spiro atoms. The zero-order valence-corrected chi connectivity index (χ0v) is 17.2. The van der Waals surface area contributed by atoms with Gasteiger partial charge >= 0.3 is 0 Å². The van der Waals surface area contributed by atoms with Gasteiger partial charge in [0.2, 0.25) is 10.0 Å². The van der Waals surface area contributed by atoms with Crippen molar-refractivity contribution in [2.24, 2.45) is 0 Å². The third kappa shape index (κ3) is 3.39. The number of halogens is 1. The highest BCUT2D eigenvalue weighted by Gasteiger charge is 2.27. The van der Waals surface area contributed by atoms with Gasteiger partial charge in [-0.05, 0) is 49.2 Å². The number of aromatic amines is 1. The maximum atomic E-state index is 12.8. The Bertz CT molecular complexity index is 1230. The molecule has 1 fully saturated rings. The van der Waals surface area contributed by atoms with Crippen LogP contribution in [0.25, 0.3) is 10.9 Å². The van der Waals surface area contributed by atoms with Gasteiger partial charge in [-0.3, -0.25) is 4.72 Å². The molecule has 0 aliphatic carbocycles. The summed E-state index contributed by atoms with van der Waals surface area (Å²) in [5.41, 5.74) is 0.978. The smallest absolute Gasteiger partial charge is 0.261 e. The molecule has 28 heavy (non-hydrogen) atoms. The molecule has 1 aromatic heterocycles. The van der Waals surface area contributed by atoms with E-state index < -0.39 is 20.0 Å². The molecule has 3 aromatic rings. The molecule has 2 N–H and O–H groups in total. The molecule has 1 aliphatic rings. The summed E-state index contributed by atoms with van der Waals surface area (Å²) < 4.78 is 54.6. The molecule has 10 heteroatoms. The van der Waals surface area contributed by atoms with Crippen molar-refractivity contribution < 1.29 is 28.4 Å². The van der Waals surface area contributed by atoms with Gasteiger partial charge in [0.05, 0.1) is 32.6 Å². The standard InChI is InChI=1S/C18H19ClN3O4S2/c19-16-12-20-18-15(16)4-3-5-17(18)21-27(23,24)13-6-8-14(9-7-13)28(25,26)22-10-1-2-11-22/h3-9,12,19-21H,1-2,10-11H2/q+1. The molecule has 0 unspecified atom stereocenters. The van der Waals surface area contributed by atoms with Crippen LogP contribution < -0.4 is 4.72 Å². The van der Waals surface area contributed by atoms with Crippen LogP contribution in [0.15, 0.2) is 58.5 Å². The molecule has 0 saturated carbocycles. The number of nitrogens with zero attached hydrogens (tertiary/aromatic N) is 1. The molecule has 0 radical (unpaired) electrons. The fraction of sp³-hybridized carbons (Fsp3) is 0.222. The highest BCUT2D eigenvalue weighted by Crippen LogP contribution is 2.28. The van der Waals surface area contributed by atoms with Gasteiger partial charge in [0.25, 0.3) is 15.0 Å². The van der Waals surface area contributed by atoms with E-state index in [0.717, 1.165) is 18.2 Å². The predicted molar refractivity (Wildman–Crippen MR) is 104 cm³/mol. The van der Waals surface area contributed by atoms with Crippen LogP contribution in [0.5, 0.6) is 0 Å². The summed E-state index contributed by atoms with van der Waals surface area (Å²) in [7, 11) is -7.47. The second-order valence-electron chi connectivity index (χ2n) is 6.57. The van der Waals surface area contributed by atoms with Crippen LogP contribution in [-0.4, -0.2) is 39.2 Å². The lowest BCUT2D eigenvalue weighted by molar-refractivity contribution is -0.286. The second kappa shape index (κ2) is 7.07. The van der Waals surface area contributed by atoms with Crippen molar-refractivity contribution >= 4 is 36.6 Å². The summed E-state index contributed by atoms with van der Waals surface area (Å²) in [5, 5.41) is 1.36. The van der Waals surface area contributed by atoms with Crippen LogP contribution in [0, 0.1) is 11.6 Å². The third-order valence-corrected chi connectivity index (χ3v) is 8.39. The number of sulfonamides is 2. The van der Waals surface area contributed by atoms with Crippen molar-refractivity contribution in [3.63, 3.8) is 0 Å². The molecule has 0 amide bonds. The van der Waals surface area contributed by atoms with Crippen LogP contribution in [0.4, 0.5) is 5.69 Å². The van der Waals surface area contributed by atoms with Crippen molar-refractivity contribution in [2.45, 2.75) is 22.6 Å². The average Bonchev–Trinajstić information content (AvgIpc) is 3.33. The Morgan fingerprint density at radius 3 is 2.25 bits per heavy atom.